The topological polar surface area (TPSA) is 12.5 Å². The molecule has 90 valence electrons. The molecule has 2 heteroatoms. The molecule has 0 unspecified atom stereocenters. The number of ether oxygens (including phenoxy) is 1. The lowest BCUT2D eigenvalue weighted by Crippen LogP contribution is -2.33. The van der Waals surface area contributed by atoms with Gasteiger partial charge in [-0.15, -0.1) is 0 Å². The highest BCUT2D eigenvalue weighted by Crippen LogP contribution is 2.26. The summed E-state index contributed by atoms with van der Waals surface area (Å²) in [4.78, 5) is 2.50. The number of hydrogen-bond acceptors (Lipinski definition) is 2. The Morgan fingerprint density at radius 2 is 1.88 bits per heavy atom. The van der Waals surface area contributed by atoms with Gasteiger partial charge in [-0.25, -0.2) is 0 Å². The van der Waals surface area contributed by atoms with E-state index in [2.05, 4.69) is 29.2 Å². The molecule has 1 aromatic rings. The molecule has 0 aliphatic carbocycles. The van der Waals surface area contributed by atoms with Crippen LogP contribution < -0.4 is 4.74 Å². The SMILES string of the molecule is C1=C(CN2CCCCC2)Oc2ccccc2C1. The number of hydrogen-bond donors (Lipinski definition) is 0. The summed E-state index contributed by atoms with van der Waals surface area (Å²) >= 11 is 0. The summed E-state index contributed by atoms with van der Waals surface area (Å²) in [5.41, 5.74) is 1.30. The highest BCUT2D eigenvalue weighted by molar-refractivity contribution is 5.39. The van der Waals surface area contributed by atoms with Gasteiger partial charge < -0.3 is 4.74 Å². The van der Waals surface area contributed by atoms with Gasteiger partial charge in [0.15, 0.2) is 0 Å². The van der Waals surface area contributed by atoms with Crippen LogP contribution in [0.1, 0.15) is 24.8 Å². The summed E-state index contributed by atoms with van der Waals surface area (Å²) in [6.07, 6.45) is 7.31. The Kier molecular flexibility index (Phi) is 3.14. The maximum Gasteiger partial charge on any atom is 0.130 e. The molecule has 17 heavy (non-hydrogen) atoms. The smallest absolute Gasteiger partial charge is 0.130 e. The molecule has 0 radical (unpaired) electrons. The molecule has 0 saturated carbocycles. The standard InChI is InChI=1S/C15H19NO/c1-4-10-16(11-5-1)12-14-9-8-13-6-2-3-7-15(13)17-14/h2-3,6-7,9H,1,4-5,8,10-12H2. The van der Waals surface area contributed by atoms with Crippen molar-refractivity contribution in [1.29, 1.82) is 0 Å². The summed E-state index contributed by atoms with van der Waals surface area (Å²) in [6, 6.07) is 8.33. The third-order valence-electron chi connectivity index (χ3n) is 3.59. The highest BCUT2D eigenvalue weighted by atomic mass is 16.5. The third kappa shape index (κ3) is 2.52. The molecular formula is C15H19NO. The first-order chi connectivity index (χ1) is 8.42. The Bertz CT molecular complexity index is 419. The molecule has 0 spiro atoms. The Morgan fingerprint density at radius 3 is 2.76 bits per heavy atom. The normalized spacial score (nSPS) is 20.4. The van der Waals surface area contributed by atoms with Crippen LogP contribution in [0.5, 0.6) is 5.75 Å². The molecule has 0 bridgehead atoms. The molecule has 0 atom stereocenters. The van der Waals surface area contributed by atoms with Crippen molar-refractivity contribution in [2.75, 3.05) is 19.6 Å². The van der Waals surface area contributed by atoms with E-state index in [0.717, 1.165) is 24.5 Å². The minimum Gasteiger partial charge on any atom is -0.460 e. The molecule has 2 aliphatic rings. The van der Waals surface area contributed by atoms with Gasteiger partial charge in [0, 0.05) is 0 Å². The fraction of sp³-hybridized carbons (Fsp3) is 0.467. The molecule has 2 heterocycles. The van der Waals surface area contributed by atoms with Crippen molar-refractivity contribution in [3.63, 3.8) is 0 Å². The molecular weight excluding hydrogens is 210 g/mol. The Hall–Kier alpha value is -1.28. The summed E-state index contributed by atoms with van der Waals surface area (Å²) in [5.74, 6) is 2.17. The summed E-state index contributed by atoms with van der Waals surface area (Å²) in [6.45, 7) is 3.43. The maximum atomic E-state index is 5.95. The van der Waals surface area contributed by atoms with Gasteiger partial charge in [-0.1, -0.05) is 24.6 Å². The minimum atomic E-state index is 0.980. The predicted molar refractivity (Wildman–Crippen MR) is 69.1 cm³/mol. The van der Waals surface area contributed by atoms with E-state index >= 15 is 0 Å². The molecule has 1 aromatic carbocycles. The fourth-order valence-corrected chi connectivity index (χ4v) is 2.61. The number of rotatable bonds is 2. The van der Waals surface area contributed by atoms with Gasteiger partial charge in [0.05, 0.1) is 6.54 Å². The van der Waals surface area contributed by atoms with Crippen LogP contribution in [-0.4, -0.2) is 24.5 Å². The Morgan fingerprint density at radius 1 is 1.06 bits per heavy atom. The molecule has 2 nitrogen and oxygen atoms in total. The van der Waals surface area contributed by atoms with Crippen LogP contribution in [0.3, 0.4) is 0 Å². The van der Waals surface area contributed by atoms with E-state index in [9.17, 15) is 0 Å². The Labute approximate surface area is 103 Å². The third-order valence-corrected chi connectivity index (χ3v) is 3.59. The van der Waals surface area contributed by atoms with Crippen LogP contribution >= 0.6 is 0 Å². The van der Waals surface area contributed by atoms with Crippen molar-refractivity contribution < 1.29 is 4.74 Å². The quantitative estimate of drug-likeness (QED) is 0.773. The predicted octanol–water partition coefficient (Wildman–Crippen LogP) is 2.99. The summed E-state index contributed by atoms with van der Waals surface area (Å²) in [7, 11) is 0. The van der Waals surface area contributed by atoms with Crippen LogP contribution in [0.15, 0.2) is 36.1 Å². The van der Waals surface area contributed by atoms with E-state index < -0.39 is 0 Å². The number of benzene rings is 1. The van der Waals surface area contributed by atoms with Crippen LogP contribution in [0.25, 0.3) is 0 Å². The second-order valence-corrected chi connectivity index (χ2v) is 4.92. The van der Waals surface area contributed by atoms with Crippen LogP contribution in [0.4, 0.5) is 0 Å². The number of piperidine rings is 1. The van der Waals surface area contributed by atoms with Crippen molar-refractivity contribution >= 4 is 0 Å². The van der Waals surface area contributed by atoms with Gasteiger partial charge in [-0.2, -0.15) is 0 Å². The van der Waals surface area contributed by atoms with Crippen LogP contribution in [0.2, 0.25) is 0 Å². The summed E-state index contributed by atoms with van der Waals surface area (Å²) in [5, 5.41) is 0. The van der Waals surface area contributed by atoms with Crippen LogP contribution in [0, 0.1) is 0 Å². The van der Waals surface area contributed by atoms with E-state index in [1.807, 2.05) is 6.07 Å². The number of nitrogens with zero attached hydrogens (tertiary/aromatic N) is 1. The van der Waals surface area contributed by atoms with Gasteiger partial charge in [0.2, 0.25) is 0 Å². The zero-order valence-electron chi connectivity index (χ0n) is 10.2. The first kappa shape index (κ1) is 10.8. The second kappa shape index (κ2) is 4.92. The lowest BCUT2D eigenvalue weighted by atomic mass is 10.1. The largest absolute Gasteiger partial charge is 0.460 e. The van der Waals surface area contributed by atoms with Gasteiger partial charge in [-0.3, -0.25) is 4.90 Å². The van der Waals surface area contributed by atoms with Gasteiger partial charge in [0.1, 0.15) is 11.5 Å². The minimum absolute atomic E-state index is 0.980. The second-order valence-electron chi connectivity index (χ2n) is 4.92. The van der Waals surface area contributed by atoms with Crippen molar-refractivity contribution in [2.24, 2.45) is 0 Å². The highest BCUT2D eigenvalue weighted by Gasteiger charge is 2.16. The fourth-order valence-electron chi connectivity index (χ4n) is 2.61. The molecule has 0 aromatic heterocycles. The number of likely N-dealkylation sites (tertiary alicyclic amines) is 1. The van der Waals surface area contributed by atoms with E-state index in [1.165, 1.54) is 37.9 Å². The zero-order chi connectivity index (χ0) is 11.5. The monoisotopic (exact) mass is 229 g/mol. The number of allylic oxidation sites excluding steroid dienone is 1. The van der Waals surface area contributed by atoms with E-state index in [4.69, 9.17) is 4.74 Å². The molecule has 2 aliphatic heterocycles. The lowest BCUT2D eigenvalue weighted by Gasteiger charge is -2.28. The lowest BCUT2D eigenvalue weighted by molar-refractivity contribution is 0.217. The average Bonchev–Trinajstić information content (AvgIpc) is 2.40. The van der Waals surface area contributed by atoms with E-state index in [1.54, 1.807) is 0 Å². The maximum absolute atomic E-state index is 5.95. The van der Waals surface area contributed by atoms with Gasteiger partial charge in [-0.05, 0) is 50.1 Å². The van der Waals surface area contributed by atoms with Crippen LogP contribution in [-0.2, 0) is 6.42 Å². The van der Waals surface area contributed by atoms with Crippen molar-refractivity contribution in [3.05, 3.63) is 41.7 Å². The first-order valence-corrected chi connectivity index (χ1v) is 6.59. The molecule has 3 rings (SSSR count). The Balaban J connectivity index is 1.64. The van der Waals surface area contributed by atoms with Crippen molar-refractivity contribution in [3.8, 4) is 5.75 Å². The molecule has 0 N–H and O–H groups in total. The molecule has 0 amide bonds. The number of para-hydroxylation sites is 1. The average molecular weight is 229 g/mol. The van der Waals surface area contributed by atoms with E-state index in [-0.39, 0.29) is 0 Å². The number of fused-ring (bicyclic) bond motifs is 1. The first-order valence-electron chi connectivity index (χ1n) is 6.59. The van der Waals surface area contributed by atoms with Crippen molar-refractivity contribution in [2.45, 2.75) is 25.7 Å². The summed E-state index contributed by atoms with van der Waals surface area (Å²) < 4.78 is 5.95. The van der Waals surface area contributed by atoms with Crippen molar-refractivity contribution in [1.82, 2.24) is 4.90 Å². The van der Waals surface area contributed by atoms with E-state index in [0.29, 0.717) is 0 Å². The van der Waals surface area contributed by atoms with Gasteiger partial charge in [0.25, 0.3) is 0 Å². The molecule has 1 fully saturated rings. The zero-order valence-corrected chi connectivity index (χ0v) is 10.2. The van der Waals surface area contributed by atoms with Gasteiger partial charge >= 0.3 is 0 Å². The molecule has 1 saturated heterocycles.